The fraction of sp³-hybridized carbons (Fsp3) is 0.476. The van der Waals surface area contributed by atoms with Crippen LogP contribution in [0.5, 0.6) is 5.75 Å². The Morgan fingerprint density at radius 2 is 2.00 bits per heavy atom. The Morgan fingerprint density at radius 1 is 1.21 bits per heavy atom. The van der Waals surface area contributed by atoms with Crippen LogP contribution in [0, 0.1) is 5.92 Å². The molecule has 8 heteroatoms. The largest absolute Gasteiger partial charge is 0.491 e. The smallest absolute Gasteiger partial charge is 0.254 e. The molecule has 156 valence electrons. The molecule has 3 rings (SSSR count). The molecule has 1 N–H and O–H groups in total. The molecule has 2 amide bonds. The molecule has 8 nitrogen and oxygen atoms in total. The molecule has 0 unspecified atom stereocenters. The van der Waals surface area contributed by atoms with Gasteiger partial charge in [0.05, 0.1) is 18.4 Å². The minimum absolute atomic E-state index is 0.0139. The van der Waals surface area contributed by atoms with Crippen LogP contribution in [0.15, 0.2) is 36.7 Å². The predicted molar refractivity (Wildman–Crippen MR) is 108 cm³/mol. The summed E-state index contributed by atoms with van der Waals surface area (Å²) in [5, 5.41) is 6.98. The van der Waals surface area contributed by atoms with Gasteiger partial charge in [0.15, 0.2) is 0 Å². The molecule has 0 radical (unpaired) electrons. The van der Waals surface area contributed by atoms with Crippen molar-refractivity contribution in [1.29, 1.82) is 0 Å². The van der Waals surface area contributed by atoms with Crippen molar-refractivity contribution in [2.75, 3.05) is 40.0 Å². The van der Waals surface area contributed by atoms with Gasteiger partial charge in [-0.25, -0.2) is 0 Å². The molecule has 2 aromatic rings. The third-order valence-electron chi connectivity index (χ3n) is 5.06. The van der Waals surface area contributed by atoms with Crippen molar-refractivity contribution < 1.29 is 19.1 Å². The number of aryl methyl sites for hydroxylation is 1. The summed E-state index contributed by atoms with van der Waals surface area (Å²) in [6.07, 6.45) is 4.99. The lowest BCUT2D eigenvalue weighted by molar-refractivity contribution is 0.0683. The zero-order chi connectivity index (χ0) is 20.6. The van der Waals surface area contributed by atoms with Crippen molar-refractivity contribution in [3.05, 3.63) is 47.8 Å². The van der Waals surface area contributed by atoms with Gasteiger partial charge in [0.2, 0.25) is 0 Å². The van der Waals surface area contributed by atoms with Crippen LogP contribution in [0.2, 0.25) is 0 Å². The number of rotatable bonds is 8. The molecule has 1 aliphatic heterocycles. The van der Waals surface area contributed by atoms with Crippen LogP contribution >= 0.6 is 0 Å². The van der Waals surface area contributed by atoms with Gasteiger partial charge in [-0.15, -0.1) is 0 Å². The molecule has 0 atom stereocenters. The van der Waals surface area contributed by atoms with Crippen molar-refractivity contribution in [3.8, 4) is 5.75 Å². The van der Waals surface area contributed by atoms with E-state index in [2.05, 4.69) is 10.4 Å². The number of amides is 2. The summed E-state index contributed by atoms with van der Waals surface area (Å²) in [6, 6.07) is 7.25. The SMILES string of the molecule is COCCOc1cccc(C(=O)N2CCC(CNC(=O)c3cnn(C)c3)CC2)c1. The van der Waals surface area contributed by atoms with E-state index in [9.17, 15) is 9.59 Å². The molecule has 1 fully saturated rings. The lowest BCUT2D eigenvalue weighted by Gasteiger charge is -2.32. The Labute approximate surface area is 170 Å². The molecule has 1 saturated heterocycles. The average Bonchev–Trinajstić information content (AvgIpc) is 3.19. The van der Waals surface area contributed by atoms with Gasteiger partial charge in [0, 0.05) is 45.6 Å². The number of hydrogen-bond donors (Lipinski definition) is 1. The number of likely N-dealkylation sites (tertiary alicyclic amines) is 1. The summed E-state index contributed by atoms with van der Waals surface area (Å²) in [5.74, 6) is 0.936. The third kappa shape index (κ3) is 5.80. The second-order valence-corrected chi connectivity index (χ2v) is 7.22. The molecule has 1 aromatic carbocycles. The second kappa shape index (κ2) is 10.1. The maximum atomic E-state index is 12.8. The van der Waals surface area contributed by atoms with Gasteiger partial charge in [-0.3, -0.25) is 14.3 Å². The third-order valence-corrected chi connectivity index (χ3v) is 5.06. The molecular weight excluding hydrogens is 372 g/mol. The number of piperidine rings is 1. The van der Waals surface area contributed by atoms with Gasteiger partial charge in [-0.2, -0.15) is 5.10 Å². The Balaban J connectivity index is 1.45. The molecule has 1 aliphatic rings. The van der Waals surface area contributed by atoms with Crippen molar-refractivity contribution >= 4 is 11.8 Å². The van der Waals surface area contributed by atoms with Gasteiger partial charge < -0.3 is 19.7 Å². The van der Waals surface area contributed by atoms with Crippen LogP contribution in [0.4, 0.5) is 0 Å². The van der Waals surface area contributed by atoms with Gasteiger partial charge in [-0.05, 0) is 37.0 Å². The standard InChI is InChI=1S/C21H28N4O4/c1-24-15-18(14-23-24)20(26)22-13-16-6-8-25(9-7-16)21(27)17-4-3-5-19(12-17)29-11-10-28-2/h3-5,12,14-16H,6-11,13H2,1-2H3,(H,22,26). The average molecular weight is 400 g/mol. The Bertz CT molecular complexity index is 828. The van der Waals surface area contributed by atoms with Gasteiger partial charge in [0.1, 0.15) is 12.4 Å². The predicted octanol–water partition coefficient (Wildman–Crippen LogP) is 1.73. The van der Waals surface area contributed by atoms with Crippen molar-refractivity contribution in [2.45, 2.75) is 12.8 Å². The second-order valence-electron chi connectivity index (χ2n) is 7.22. The first-order valence-corrected chi connectivity index (χ1v) is 9.84. The van der Waals surface area contributed by atoms with Gasteiger partial charge >= 0.3 is 0 Å². The van der Waals surface area contributed by atoms with E-state index < -0.39 is 0 Å². The summed E-state index contributed by atoms with van der Waals surface area (Å²) in [4.78, 5) is 26.8. The summed E-state index contributed by atoms with van der Waals surface area (Å²) in [7, 11) is 3.40. The molecule has 2 heterocycles. The maximum absolute atomic E-state index is 12.8. The summed E-state index contributed by atoms with van der Waals surface area (Å²) in [5.41, 5.74) is 1.19. The Kier molecular flexibility index (Phi) is 7.24. The van der Waals surface area contributed by atoms with Crippen LogP contribution in [0.25, 0.3) is 0 Å². The minimum atomic E-state index is -0.109. The highest BCUT2D eigenvalue weighted by molar-refractivity contribution is 5.95. The maximum Gasteiger partial charge on any atom is 0.254 e. The van der Waals surface area contributed by atoms with E-state index in [0.717, 1.165) is 12.8 Å². The highest BCUT2D eigenvalue weighted by Gasteiger charge is 2.24. The zero-order valence-electron chi connectivity index (χ0n) is 17.0. The van der Waals surface area contributed by atoms with Crippen LogP contribution in [0.1, 0.15) is 33.6 Å². The summed E-state index contributed by atoms with van der Waals surface area (Å²) in [6.45, 7) is 2.92. The van der Waals surface area contributed by atoms with E-state index in [0.29, 0.717) is 55.6 Å². The Morgan fingerprint density at radius 3 is 2.69 bits per heavy atom. The number of nitrogens with one attached hydrogen (secondary N) is 1. The van der Waals surface area contributed by atoms with Crippen molar-refractivity contribution in [2.24, 2.45) is 13.0 Å². The normalized spacial score (nSPS) is 14.6. The fourth-order valence-electron chi connectivity index (χ4n) is 3.36. The first-order chi connectivity index (χ1) is 14.1. The molecule has 0 aliphatic carbocycles. The number of carbonyl (C=O) groups excluding carboxylic acids is 2. The van der Waals surface area contributed by atoms with E-state index in [1.165, 1.54) is 0 Å². The lowest BCUT2D eigenvalue weighted by Crippen LogP contribution is -2.41. The number of aromatic nitrogens is 2. The Hall–Kier alpha value is -2.87. The molecule has 29 heavy (non-hydrogen) atoms. The fourth-order valence-corrected chi connectivity index (χ4v) is 3.36. The number of ether oxygens (including phenoxy) is 2. The van der Waals surface area contributed by atoms with E-state index in [1.54, 1.807) is 37.3 Å². The van der Waals surface area contributed by atoms with E-state index in [-0.39, 0.29) is 11.8 Å². The van der Waals surface area contributed by atoms with E-state index in [1.807, 2.05) is 23.1 Å². The molecule has 0 spiro atoms. The van der Waals surface area contributed by atoms with Crippen LogP contribution in [-0.4, -0.2) is 66.5 Å². The van der Waals surface area contributed by atoms with Crippen molar-refractivity contribution in [3.63, 3.8) is 0 Å². The van der Waals surface area contributed by atoms with Gasteiger partial charge in [-0.1, -0.05) is 6.07 Å². The molecule has 0 bridgehead atoms. The lowest BCUT2D eigenvalue weighted by atomic mass is 9.96. The van der Waals surface area contributed by atoms with E-state index >= 15 is 0 Å². The number of benzene rings is 1. The topological polar surface area (TPSA) is 85.7 Å². The molecule has 1 aromatic heterocycles. The van der Waals surface area contributed by atoms with E-state index in [4.69, 9.17) is 9.47 Å². The first kappa shape index (κ1) is 20.9. The zero-order valence-corrected chi connectivity index (χ0v) is 17.0. The monoisotopic (exact) mass is 400 g/mol. The van der Waals surface area contributed by atoms with Crippen LogP contribution in [-0.2, 0) is 11.8 Å². The number of methoxy groups -OCH3 is 1. The van der Waals surface area contributed by atoms with Gasteiger partial charge in [0.25, 0.3) is 11.8 Å². The summed E-state index contributed by atoms with van der Waals surface area (Å²) < 4.78 is 12.2. The highest BCUT2D eigenvalue weighted by atomic mass is 16.5. The van der Waals surface area contributed by atoms with Crippen LogP contribution < -0.4 is 10.1 Å². The highest BCUT2D eigenvalue weighted by Crippen LogP contribution is 2.20. The minimum Gasteiger partial charge on any atom is -0.491 e. The number of hydrogen-bond acceptors (Lipinski definition) is 5. The summed E-state index contributed by atoms with van der Waals surface area (Å²) >= 11 is 0. The quantitative estimate of drug-likeness (QED) is 0.682. The number of nitrogens with zero attached hydrogens (tertiary/aromatic N) is 3. The number of carbonyl (C=O) groups is 2. The molecular formula is C21H28N4O4. The van der Waals surface area contributed by atoms with Crippen LogP contribution in [0.3, 0.4) is 0 Å². The van der Waals surface area contributed by atoms with Crippen molar-refractivity contribution in [1.82, 2.24) is 20.0 Å². The first-order valence-electron chi connectivity index (χ1n) is 9.84. The molecule has 0 saturated carbocycles.